The van der Waals surface area contributed by atoms with Crippen LogP contribution in [0.25, 0.3) is 23.4 Å². The first kappa shape index (κ1) is 108. The van der Waals surface area contributed by atoms with E-state index in [0.29, 0.717) is 0 Å². The predicted octanol–water partition coefficient (Wildman–Crippen LogP) is 5.14. The zero-order valence-corrected chi connectivity index (χ0v) is 10.3. The summed E-state index contributed by atoms with van der Waals surface area (Å²) in [6, 6.07) is 0. The fourth-order valence-electron chi connectivity index (χ4n) is 0. The maximum absolute atomic E-state index is 6.86. The SMILES string of the molecule is C.C.C.C.[3H]N=[N-].[3H]N=[N-].[NH2-].[NH2-].[V].[V].[V].[V]. The molecule has 6 nitrogen and oxygen atoms in total. The molecule has 0 unspecified atom stereocenters. The Kier molecular flexibility index (Phi) is 9550. The molecule has 0 aliphatic carbocycles. The fraction of sp³-hybridized carbons (Fsp3) is 1.00. The van der Waals surface area contributed by atoms with Crippen LogP contribution >= 0.6 is 0 Å². The van der Waals surface area contributed by atoms with E-state index < -0.39 is 0 Å². The van der Waals surface area contributed by atoms with Crippen molar-refractivity contribution in [3.05, 3.63) is 23.4 Å². The maximum atomic E-state index is 6.86. The third kappa shape index (κ3) is 983. The largest absolute Gasteiger partial charge is 0.715 e. The van der Waals surface area contributed by atoms with Gasteiger partial charge in [0.25, 0.3) is 0 Å². The summed E-state index contributed by atoms with van der Waals surface area (Å²) in [6.45, 7) is 0. The first-order chi connectivity index (χ1) is 2.83. The van der Waals surface area contributed by atoms with Crippen molar-refractivity contribution in [3.8, 4) is 0 Å². The molecule has 0 spiro atoms. The summed E-state index contributed by atoms with van der Waals surface area (Å²) in [5.74, 6) is 0. The molecule has 14 heavy (non-hydrogen) atoms. The van der Waals surface area contributed by atoms with Crippen LogP contribution in [0.2, 0.25) is 2.82 Å². The van der Waals surface area contributed by atoms with Crippen molar-refractivity contribution in [1.29, 1.82) is 11.0 Å². The third-order valence-electron chi connectivity index (χ3n) is 0. The summed E-state index contributed by atoms with van der Waals surface area (Å²) >= 11 is 0. The number of nitrogens with zero attached hydrogens (tertiary/aromatic N) is 2. The Hall–Kier alpha value is 1.46. The Bertz CT molecular complexity index is 51.5. The zero-order valence-electron chi connectivity index (χ0n) is 6.73. The Labute approximate surface area is 140 Å². The van der Waals surface area contributed by atoms with Crippen LogP contribution in [0.15, 0.2) is 0 Å². The summed E-state index contributed by atoms with van der Waals surface area (Å²) in [7, 11) is 0. The Morgan fingerprint density at radius 1 is 0.643 bits per heavy atom. The van der Waals surface area contributed by atoms with E-state index in [2.05, 4.69) is 0 Å². The van der Waals surface area contributed by atoms with Crippen LogP contribution in [-0.2, 0) is 74.2 Å². The molecule has 0 aliphatic heterocycles. The average molecular weight is 362 g/mol. The van der Waals surface area contributed by atoms with E-state index in [1.165, 1.54) is 0 Å². The molecule has 0 aromatic rings. The summed E-state index contributed by atoms with van der Waals surface area (Å²) in [5.41, 5.74) is 17.2. The maximum Gasteiger partial charge on any atom is 0.158 e. The van der Waals surface area contributed by atoms with E-state index in [0.717, 1.165) is 0 Å². The molecule has 0 aromatic heterocycles. The van der Waals surface area contributed by atoms with Gasteiger partial charge in [-0.05, 0) is 0 Å². The van der Waals surface area contributed by atoms with Crippen molar-refractivity contribution in [2.24, 2.45) is 0 Å². The molecule has 0 fully saturated rings. The standard InChI is InChI=1S/4CH4.2HN2.2H2N.4V/c;;;;2*1-2;;;;;;/h4*1H4;2*1H;2*1H2;;;;/q;;;;4*-1;;;;/i/hT2. The van der Waals surface area contributed by atoms with Gasteiger partial charge < -0.3 is 34.4 Å². The first-order valence-corrected chi connectivity index (χ1v) is 0.400. The third-order valence-corrected chi connectivity index (χ3v) is 0. The molecule has 0 atom stereocenters. The Morgan fingerprint density at radius 3 is 0.643 bits per heavy atom. The van der Waals surface area contributed by atoms with E-state index in [9.17, 15) is 0 Å². The summed E-state index contributed by atoms with van der Waals surface area (Å²) in [5, 5.41) is 0. The molecule has 0 bridgehead atoms. The van der Waals surface area contributed by atoms with Crippen molar-refractivity contribution in [2.45, 2.75) is 29.7 Å². The minimum atomic E-state index is 0. The van der Waals surface area contributed by atoms with E-state index in [4.69, 9.17) is 13.9 Å². The zero-order chi connectivity index (χ0) is 5.41. The number of rotatable bonds is 0. The van der Waals surface area contributed by atoms with Crippen LogP contribution < -0.4 is 0 Å². The average Bonchev–Trinajstić information content (AvgIpc) is 1.39. The van der Waals surface area contributed by atoms with Crippen LogP contribution in [0.3, 0.4) is 0 Å². The molecule has 0 heterocycles. The van der Waals surface area contributed by atoms with E-state index in [1.54, 1.807) is 11.0 Å². The van der Waals surface area contributed by atoms with Gasteiger partial charge in [-0.2, -0.15) is 0 Å². The van der Waals surface area contributed by atoms with E-state index >= 15 is 0 Å². The summed E-state index contributed by atoms with van der Waals surface area (Å²) < 4.78 is 10.8. The topological polar surface area (TPSA) is 159 Å². The molecule has 0 saturated heterocycles. The van der Waals surface area contributed by atoms with Crippen LogP contribution in [0, 0.1) is 11.0 Å². The normalized spacial score (nSPS) is 2.00. The number of hydrogen-bond acceptors (Lipinski definition) is 2. The molecule has 92 valence electrons. The second-order valence-electron chi connectivity index (χ2n) is 0. The minimum absolute atomic E-state index is 0. The van der Waals surface area contributed by atoms with E-state index in [1.807, 2.05) is 0 Å². The van der Waals surface area contributed by atoms with Gasteiger partial charge in [0, 0.05) is 74.2 Å². The van der Waals surface area contributed by atoms with Gasteiger partial charge in [-0.1, -0.05) is 29.7 Å². The molecular formula is C4H22N6V4-4. The molecule has 0 aromatic carbocycles. The number of hydrogen-bond donors (Lipinski definition) is 2. The molecule has 0 saturated carbocycles. The van der Waals surface area contributed by atoms with Crippen molar-refractivity contribution in [2.75, 3.05) is 0 Å². The van der Waals surface area contributed by atoms with Crippen molar-refractivity contribution in [3.63, 3.8) is 0 Å². The van der Waals surface area contributed by atoms with Gasteiger partial charge in [-0.25, -0.2) is 0 Å². The monoisotopic (exact) mass is 362 g/mol. The molecule has 0 amide bonds. The quantitative estimate of drug-likeness (QED) is 0.546. The van der Waals surface area contributed by atoms with Gasteiger partial charge in [0.2, 0.25) is 0 Å². The molecule has 4 radical (unpaired) electrons. The first-order valence-electron chi connectivity index (χ1n) is 1.29. The molecule has 0 rings (SSSR count). The second kappa shape index (κ2) is 1230. The molecule has 0 aliphatic rings. The van der Waals surface area contributed by atoms with Gasteiger partial charge in [0.15, 0.2) is 2.82 Å². The van der Waals surface area contributed by atoms with Gasteiger partial charge in [0.1, 0.15) is 0 Å². The van der Waals surface area contributed by atoms with Crippen LogP contribution in [0.1, 0.15) is 29.7 Å². The van der Waals surface area contributed by atoms with E-state index in [-0.39, 0.29) is 116 Å². The smallest absolute Gasteiger partial charge is 0.158 e. The van der Waals surface area contributed by atoms with Gasteiger partial charge in [-0.15, -0.1) is 0 Å². The number of nitrogens with two attached hydrogens (primary N) is 2. The van der Waals surface area contributed by atoms with Crippen LogP contribution in [0.4, 0.5) is 0 Å². The molecule has 6 N–H and O–H groups in total. The van der Waals surface area contributed by atoms with Gasteiger partial charge >= 0.3 is 0 Å². The van der Waals surface area contributed by atoms with Crippen molar-refractivity contribution in [1.82, 2.24) is 0 Å². The summed E-state index contributed by atoms with van der Waals surface area (Å²) in [4.78, 5) is 0. The predicted molar refractivity (Wildman–Crippen MR) is 49.7 cm³/mol. The Morgan fingerprint density at radius 2 is 0.643 bits per heavy atom. The van der Waals surface area contributed by atoms with Gasteiger partial charge in [0.05, 0.1) is 0 Å². The molecular weight excluding hydrogens is 336 g/mol. The fourth-order valence-corrected chi connectivity index (χ4v) is 0. The summed E-state index contributed by atoms with van der Waals surface area (Å²) in [6.07, 6.45) is 0. The van der Waals surface area contributed by atoms with Crippen molar-refractivity contribution < 1.29 is 77.0 Å². The van der Waals surface area contributed by atoms with Crippen LogP contribution in [-0.4, -0.2) is 0 Å². The van der Waals surface area contributed by atoms with Crippen molar-refractivity contribution >= 4 is 0 Å². The second-order valence-corrected chi connectivity index (χ2v) is 0. The minimum Gasteiger partial charge on any atom is -0.715 e. The Balaban J connectivity index is -0.00000000123. The number of nitrogens with one attached hydrogen (secondary N) is 2. The van der Waals surface area contributed by atoms with Crippen LogP contribution in [0.5, 0.6) is 0 Å². The van der Waals surface area contributed by atoms with Gasteiger partial charge in [-0.3, -0.25) is 0 Å². The molecule has 10 heteroatoms.